The minimum atomic E-state index is -0.971. The third-order valence-electron chi connectivity index (χ3n) is 3.10. The van der Waals surface area contributed by atoms with E-state index >= 15 is 0 Å². The van der Waals surface area contributed by atoms with Crippen LogP contribution < -0.4 is 5.32 Å². The molecule has 0 saturated heterocycles. The molecule has 1 atom stereocenters. The molecule has 0 aromatic carbocycles. The first-order valence-electron chi connectivity index (χ1n) is 6.37. The van der Waals surface area contributed by atoms with Gasteiger partial charge in [-0.3, -0.25) is 14.3 Å². The minimum absolute atomic E-state index is 0.111. The lowest BCUT2D eigenvalue weighted by Crippen LogP contribution is -2.22. The lowest BCUT2D eigenvalue weighted by molar-refractivity contribution is -0.137. The van der Waals surface area contributed by atoms with Crippen molar-refractivity contribution in [2.24, 2.45) is 0 Å². The second kappa shape index (κ2) is 5.90. The average Bonchev–Trinajstić information content (AvgIpc) is 3.06. The highest BCUT2D eigenvalue weighted by molar-refractivity contribution is 8.00. The molecule has 2 aromatic rings. The number of aromatic nitrogens is 2. The molecule has 1 amide bonds. The predicted molar refractivity (Wildman–Crippen MR) is 81.7 cm³/mol. The van der Waals surface area contributed by atoms with Gasteiger partial charge in [-0.25, -0.2) is 0 Å². The number of aryl methyl sites for hydroxylation is 1. The van der Waals surface area contributed by atoms with Crippen LogP contribution in [0.15, 0.2) is 23.7 Å². The van der Waals surface area contributed by atoms with Crippen LogP contribution >= 0.6 is 23.1 Å². The molecule has 0 aliphatic carbocycles. The third kappa shape index (κ3) is 3.11. The number of amides is 1. The van der Waals surface area contributed by atoms with Gasteiger partial charge in [-0.05, 0) is 29.2 Å². The third-order valence-corrected chi connectivity index (χ3v) is 5.34. The van der Waals surface area contributed by atoms with E-state index in [0.717, 1.165) is 17.7 Å². The number of nitrogens with zero attached hydrogens (tertiary/aromatic N) is 2. The molecule has 1 aliphatic heterocycles. The number of thioether (sulfide) groups is 1. The van der Waals surface area contributed by atoms with Crippen molar-refractivity contribution in [3.63, 3.8) is 0 Å². The van der Waals surface area contributed by atoms with Gasteiger partial charge in [0.25, 0.3) is 0 Å². The summed E-state index contributed by atoms with van der Waals surface area (Å²) in [5, 5.41) is 17.3. The fraction of sp³-hybridized carbons (Fsp3) is 0.308. The number of anilines is 1. The summed E-state index contributed by atoms with van der Waals surface area (Å²) in [6.07, 6.45) is 2.54. The van der Waals surface area contributed by atoms with Crippen molar-refractivity contribution < 1.29 is 14.7 Å². The Morgan fingerprint density at radius 3 is 3.14 bits per heavy atom. The van der Waals surface area contributed by atoms with Gasteiger partial charge in [-0.1, -0.05) is 0 Å². The summed E-state index contributed by atoms with van der Waals surface area (Å²) in [6, 6.07) is 3.60. The number of thiophene rings is 1. The summed E-state index contributed by atoms with van der Waals surface area (Å²) in [6.45, 7) is -0.220. The van der Waals surface area contributed by atoms with Crippen LogP contribution in [-0.2, 0) is 22.6 Å². The summed E-state index contributed by atoms with van der Waals surface area (Å²) < 4.78 is 1.28. The van der Waals surface area contributed by atoms with Crippen LogP contribution in [0.5, 0.6) is 0 Å². The van der Waals surface area contributed by atoms with E-state index in [4.69, 9.17) is 5.11 Å². The van der Waals surface area contributed by atoms with Crippen LogP contribution in [0.3, 0.4) is 0 Å². The van der Waals surface area contributed by atoms with Crippen LogP contribution in [0.4, 0.5) is 5.82 Å². The van der Waals surface area contributed by atoms with E-state index in [0.29, 0.717) is 5.82 Å². The van der Waals surface area contributed by atoms with E-state index in [1.165, 1.54) is 15.8 Å². The molecular weight excluding hydrogens is 310 g/mol. The van der Waals surface area contributed by atoms with Gasteiger partial charge < -0.3 is 10.4 Å². The average molecular weight is 323 g/mol. The lowest BCUT2D eigenvalue weighted by Gasteiger charge is -2.20. The number of carboxylic acids is 1. The molecule has 1 aliphatic rings. The number of hydrogen-bond donors (Lipinski definition) is 2. The maximum Gasteiger partial charge on any atom is 0.325 e. The molecule has 0 bridgehead atoms. The maximum absolute atomic E-state index is 12.4. The highest BCUT2D eigenvalue weighted by Gasteiger charge is 2.28. The number of nitrogens with one attached hydrogen (secondary N) is 1. The Bertz CT molecular complexity index is 680. The molecule has 3 rings (SSSR count). The van der Waals surface area contributed by atoms with Gasteiger partial charge in [-0.2, -0.15) is 5.10 Å². The Morgan fingerprint density at radius 1 is 1.48 bits per heavy atom. The number of carbonyl (C=O) groups excluding carboxylic acids is 1. The lowest BCUT2D eigenvalue weighted by atomic mass is 10.1. The number of carboxylic acid groups (broad SMARTS) is 1. The van der Waals surface area contributed by atoms with Gasteiger partial charge in [0, 0.05) is 17.1 Å². The first kappa shape index (κ1) is 14.2. The molecule has 0 spiro atoms. The number of hydrogen-bond acceptors (Lipinski definition) is 5. The topological polar surface area (TPSA) is 84.2 Å². The van der Waals surface area contributed by atoms with Crippen LogP contribution in [0, 0.1) is 0 Å². The zero-order valence-electron chi connectivity index (χ0n) is 11.0. The predicted octanol–water partition coefficient (Wildman–Crippen LogP) is 2.00. The van der Waals surface area contributed by atoms with Crippen LogP contribution in [0.2, 0.25) is 0 Å². The van der Waals surface area contributed by atoms with Crippen molar-refractivity contribution in [3.8, 4) is 0 Å². The molecule has 110 valence electrons. The first-order valence-corrected chi connectivity index (χ1v) is 8.30. The van der Waals surface area contributed by atoms with Crippen LogP contribution in [-0.4, -0.2) is 32.5 Å². The zero-order valence-corrected chi connectivity index (χ0v) is 12.6. The second-order valence-corrected chi connectivity index (χ2v) is 6.80. The van der Waals surface area contributed by atoms with E-state index in [2.05, 4.69) is 10.4 Å². The van der Waals surface area contributed by atoms with E-state index in [1.807, 2.05) is 11.4 Å². The summed E-state index contributed by atoms with van der Waals surface area (Å²) >= 11 is 3.31. The number of aliphatic carboxylic acids is 1. The molecule has 0 saturated carbocycles. The number of fused-ring (bicyclic) bond motifs is 1. The Kier molecular flexibility index (Phi) is 3.98. The van der Waals surface area contributed by atoms with Crippen molar-refractivity contribution in [1.82, 2.24) is 9.78 Å². The normalized spacial score (nSPS) is 17.2. The number of carbonyl (C=O) groups is 2. The van der Waals surface area contributed by atoms with Crippen LogP contribution in [0.1, 0.15) is 15.7 Å². The molecule has 8 heteroatoms. The Morgan fingerprint density at radius 2 is 2.33 bits per heavy atom. The fourth-order valence-corrected chi connectivity index (χ4v) is 4.50. The smallest absolute Gasteiger partial charge is 0.325 e. The van der Waals surface area contributed by atoms with Crippen molar-refractivity contribution in [2.45, 2.75) is 18.2 Å². The molecule has 3 heterocycles. The molecule has 0 fully saturated rings. The molecule has 2 aromatic heterocycles. The maximum atomic E-state index is 12.4. The van der Waals surface area contributed by atoms with Crippen molar-refractivity contribution in [1.29, 1.82) is 0 Å². The monoisotopic (exact) mass is 323 g/mol. The standard InChI is InChI=1S/C13H13N3O3S2/c17-11(18)7-16-4-1-10(15-16)14-13(19)12-8-2-5-20-9(8)3-6-21-12/h1-2,4-5,12H,3,6-7H2,(H,17,18)(H,14,15,19)/t12-/m0/s1. The summed E-state index contributed by atoms with van der Waals surface area (Å²) in [5.41, 5.74) is 1.08. The Labute approximate surface area is 129 Å². The summed E-state index contributed by atoms with van der Waals surface area (Å²) in [5.74, 6) is 0.227. The molecule has 21 heavy (non-hydrogen) atoms. The van der Waals surface area contributed by atoms with Gasteiger partial charge >= 0.3 is 5.97 Å². The van der Waals surface area contributed by atoms with Crippen molar-refractivity contribution in [2.75, 3.05) is 11.1 Å². The molecule has 2 N–H and O–H groups in total. The van der Waals surface area contributed by atoms with Crippen molar-refractivity contribution >= 4 is 40.8 Å². The van der Waals surface area contributed by atoms with Gasteiger partial charge in [-0.15, -0.1) is 23.1 Å². The second-order valence-electron chi connectivity index (χ2n) is 4.58. The van der Waals surface area contributed by atoms with Gasteiger partial charge in [0.2, 0.25) is 5.91 Å². The molecule has 0 unspecified atom stereocenters. The van der Waals surface area contributed by atoms with Crippen molar-refractivity contribution in [3.05, 3.63) is 34.2 Å². The minimum Gasteiger partial charge on any atom is -0.480 e. The summed E-state index contributed by atoms with van der Waals surface area (Å²) in [4.78, 5) is 24.2. The largest absolute Gasteiger partial charge is 0.480 e. The molecule has 0 radical (unpaired) electrons. The first-order chi connectivity index (χ1) is 10.1. The highest BCUT2D eigenvalue weighted by Crippen LogP contribution is 2.39. The number of rotatable bonds is 4. The van der Waals surface area contributed by atoms with E-state index in [-0.39, 0.29) is 17.7 Å². The van der Waals surface area contributed by atoms with Gasteiger partial charge in [0.1, 0.15) is 11.8 Å². The summed E-state index contributed by atoms with van der Waals surface area (Å²) in [7, 11) is 0. The molecular formula is C13H13N3O3S2. The zero-order chi connectivity index (χ0) is 14.8. The Hall–Kier alpha value is -1.80. The van der Waals surface area contributed by atoms with Gasteiger partial charge in [0.15, 0.2) is 5.82 Å². The van der Waals surface area contributed by atoms with E-state index < -0.39 is 5.97 Å². The SMILES string of the molecule is O=C(O)Cn1ccc(NC(=O)[C@H]2SCCc3sccc32)n1. The van der Waals surface area contributed by atoms with Crippen LogP contribution in [0.25, 0.3) is 0 Å². The Balaban J connectivity index is 1.70. The van der Waals surface area contributed by atoms with Gasteiger partial charge in [0.05, 0.1) is 0 Å². The van der Waals surface area contributed by atoms with E-state index in [9.17, 15) is 9.59 Å². The highest BCUT2D eigenvalue weighted by atomic mass is 32.2. The quantitative estimate of drug-likeness (QED) is 0.899. The van der Waals surface area contributed by atoms with E-state index in [1.54, 1.807) is 29.2 Å². The molecule has 6 nitrogen and oxygen atoms in total. The fourth-order valence-electron chi connectivity index (χ4n) is 2.21.